The number of nitrogen functional groups attached to an aromatic ring is 1. The normalized spacial score (nSPS) is 12.3. The number of phenols is 1. The largest absolute Gasteiger partial charge is 0.507 e. The van der Waals surface area contributed by atoms with Gasteiger partial charge in [0.15, 0.2) is 11.6 Å². The summed E-state index contributed by atoms with van der Waals surface area (Å²) in [6, 6.07) is 13.1. The molecule has 1 aliphatic rings. The van der Waals surface area contributed by atoms with Crippen LogP contribution in [0.3, 0.4) is 0 Å². The van der Waals surface area contributed by atoms with Gasteiger partial charge in [-0.1, -0.05) is 49.1 Å². The topological polar surface area (TPSA) is 116 Å². The van der Waals surface area contributed by atoms with E-state index in [0.717, 1.165) is 0 Å². The van der Waals surface area contributed by atoms with Crippen LogP contribution in [0.2, 0.25) is 0 Å². The summed E-state index contributed by atoms with van der Waals surface area (Å²) < 4.78 is 5.71. The maximum absolute atomic E-state index is 13.4. The Labute approximate surface area is 173 Å². The summed E-state index contributed by atoms with van der Waals surface area (Å²) in [6.45, 7) is 4.05. The maximum atomic E-state index is 13.4. The molecule has 6 nitrogen and oxygen atoms in total. The molecule has 3 aromatic rings. The number of benzene rings is 3. The van der Waals surface area contributed by atoms with Crippen molar-refractivity contribution in [1.82, 2.24) is 0 Å². The second kappa shape index (κ2) is 7.50. The van der Waals surface area contributed by atoms with Crippen LogP contribution >= 0.6 is 0 Å². The van der Waals surface area contributed by atoms with Crippen LogP contribution in [0.5, 0.6) is 11.5 Å². The smallest absolute Gasteiger partial charge is 0.198 e. The predicted octanol–water partition coefficient (Wildman–Crippen LogP) is 3.44. The van der Waals surface area contributed by atoms with Gasteiger partial charge in [0.05, 0.1) is 5.56 Å². The van der Waals surface area contributed by atoms with E-state index >= 15 is 0 Å². The molecule has 0 amide bonds. The molecule has 0 atom stereocenters. The van der Waals surface area contributed by atoms with Gasteiger partial charge in [-0.2, -0.15) is 0 Å². The van der Waals surface area contributed by atoms with Gasteiger partial charge < -0.3 is 21.3 Å². The summed E-state index contributed by atoms with van der Waals surface area (Å²) in [5, 5.41) is 10.5. The Morgan fingerprint density at radius 1 is 0.933 bits per heavy atom. The highest BCUT2D eigenvalue weighted by Crippen LogP contribution is 2.44. The molecule has 5 N–H and O–H groups in total. The Morgan fingerprint density at radius 2 is 1.57 bits per heavy atom. The predicted molar refractivity (Wildman–Crippen MR) is 115 cm³/mol. The minimum absolute atomic E-state index is 0.0525. The average molecular weight is 400 g/mol. The number of fused-ring (bicyclic) bond motifs is 2. The van der Waals surface area contributed by atoms with Crippen molar-refractivity contribution in [3.05, 3.63) is 89.0 Å². The lowest BCUT2D eigenvalue weighted by Crippen LogP contribution is -2.23. The molecule has 0 bridgehead atoms. The fraction of sp³-hybridized carbons (Fsp3) is 0.0833. The number of hydrogen-bond donors (Lipinski definition) is 3. The number of rotatable bonds is 5. The van der Waals surface area contributed by atoms with E-state index in [1.165, 1.54) is 6.07 Å². The van der Waals surface area contributed by atoms with E-state index in [9.17, 15) is 14.7 Å². The van der Waals surface area contributed by atoms with Gasteiger partial charge in [0.1, 0.15) is 18.1 Å². The summed E-state index contributed by atoms with van der Waals surface area (Å²) >= 11 is 0. The number of ether oxygens (including phenoxy) is 1. The van der Waals surface area contributed by atoms with Crippen molar-refractivity contribution >= 4 is 17.3 Å². The number of nitrogens with two attached hydrogens (primary N) is 2. The van der Waals surface area contributed by atoms with E-state index in [2.05, 4.69) is 6.58 Å². The fourth-order valence-corrected chi connectivity index (χ4v) is 3.88. The Bertz CT molecular complexity index is 1210. The first kappa shape index (κ1) is 19.4. The van der Waals surface area contributed by atoms with Crippen molar-refractivity contribution in [2.45, 2.75) is 6.54 Å². The first-order valence-electron chi connectivity index (χ1n) is 9.39. The van der Waals surface area contributed by atoms with E-state index in [1.54, 1.807) is 48.5 Å². The van der Waals surface area contributed by atoms with E-state index in [1.807, 2.05) is 0 Å². The molecule has 0 radical (unpaired) electrons. The monoisotopic (exact) mass is 400 g/mol. The third kappa shape index (κ3) is 2.86. The van der Waals surface area contributed by atoms with Gasteiger partial charge in [0, 0.05) is 46.1 Å². The molecular formula is C24H20N2O4. The molecule has 0 unspecified atom stereocenters. The highest BCUT2D eigenvalue weighted by Gasteiger charge is 2.35. The second-order valence-corrected chi connectivity index (χ2v) is 6.90. The van der Waals surface area contributed by atoms with Gasteiger partial charge in [-0.15, -0.1) is 0 Å². The van der Waals surface area contributed by atoms with E-state index in [4.69, 9.17) is 16.2 Å². The zero-order valence-corrected chi connectivity index (χ0v) is 16.1. The van der Waals surface area contributed by atoms with Gasteiger partial charge in [-0.05, 0) is 11.6 Å². The van der Waals surface area contributed by atoms with Crippen LogP contribution in [0.15, 0.2) is 61.2 Å². The van der Waals surface area contributed by atoms with Crippen molar-refractivity contribution < 1.29 is 19.4 Å². The van der Waals surface area contributed by atoms with Crippen molar-refractivity contribution in [2.75, 3.05) is 12.3 Å². The highest BCUT2D eigenvalue weighted by atomic mass is 16.5. The molecule has 6 heteroatoms. The Hall–Kier alpha value is -3.90. The summed E-state index contributed by atoms with van der Waals surface area (Å²) in [5.74, 6) is -0.593. The Kier molecular flexibility index (Phi) is 4.85. The molecular weight excluding hydrogens is 380 g/mol. The molecule has 0 saturated carbocycles. The number of hydrogen-bond acceptors (Lipinski definition) is 6. The molecule has 4 rings (SSSR count). The SMILES string of the molecule is C=CCOc1cccc(-c2c(N)cc(O)c3c2C(=O)c2ccccc2C3=O)c1CN. The van der Waals surface area contributed by atoms with Gasteiger partial charge in [-0.3, -0.25) is 9.59 Å². The summed E-state index contributed by atoms with van der Waals surface area (Å²) in [5.41, 5.74) is 14.6. The number of aromatic hydroxyl groups is 1. The van der Waals surface area contributed by atoms with Crippen molar-refractivity contribution in [2.24, 2.45) is 5.73 Å². The van der Waals surface area contributed by atoms with Crippen molar-refractivity contribution in [3.63, 3.8) is 0 Å². The zero-order chi connectivity index (χ0) is 21.4. The Morgan fingerprint density at radius 3 is 2.20 bits per heavy atom. The third-order valence-electron chi connectivity index (χ3n) is 5.17. The molecule has 3 aromatic carbocycles. The highest BCUT2D eigenvalue weighted by molar-refractivity contribution is 6.32. The number of carbonyl (C=O) groups is 2. The minimum atomic E-state index is -0.424. The molecule has 0 spiro atoms. The molecule has 30 heavy (non-hydrogen) atoms. The standard InChI is InChI=1S/C24H20N2O4/c1-2-10-30-19-9-5-8-13(16(19)12-25)20-17(26)11-18(27)21-22(20)24(29)15-7-4-3-6-14(15)23(21)28/h2-9,11,27H,1,10,12,25-26H2. The van der Waals surface area contributed by atoms with E-state index < -0.39 is 5.78 Å². The van der Waals surface area contributed by atoms with E-state index in [-0.39, 0.29) is 52.6 Å². The van der Waals surface area contributed by atoms with Crippen molar-refractivity contribution in [1.29, 1.82) is 0 Å². The second-order valence-electron chi connectivity index (χ2n) is 6.90. The van der Waals surface area contributed by atoms with Gasteiger partial charge in [0.2, 0.25) is 0 Å². The first-order valence-corrected chi connectivity index (χ1v) is 9.39. The zero-order valence-electron chi connectivity index (χ0n) is 16.1. The van der Waals surface area contributed by atoms with Gasteiger partial charge >= 0.3 is 0 Å². The first-order chi connectivity index (χ1) is 14.5. The summed E-state index contributed by atoms with van der Waals surface area (Å²) in [4.78, 5) is 26.5. The van der Waals surface area contributed by atoms with Gasteiger partial charge in [-0.25, -0.2) is 0 Å². The molecule has 0 heterocycles. The number of carbonyl (C=O) groups excluding carboxylic acids is 2. The van der Waals surface area contributed by atoms with Crippen LogP contribution in [-0.2, 0) is 6.54 Å². The minimum Gasteiger partial charge on any atom is -0.507 e. The van der Waals surface area contributed by atoms with Crippen LogP contribution < -0.4 is 16.2 Å². The lowest BCUT2D eigenvalue weighted by atomic mass is 9.78. The lowest BCUT2D eigenvalue weighted by molar-refractivity contribution is 0.0977. The van der Waals surface area contributed by atoms with Crippen molar-refractivity contribution in [3.8, 4) is 22.6 Å². The molecule has 150 valence electrons. The average Bonchev–Trinajstić information content (AvgIpc) is 2.75. The lowest BCUT2D eigenvalue weighted by Gasteiger charge is -2.24. The van der Waals surface area contributed by atoms with Crippen LogP contribution in [0, 0.1) is 0 Å². The van der Waals surface area contributed by atoms with E-state index in [0.29, 0.717) is 22.4 Å². The molecule has 1 aliphatic carbocycles. The molecule has 0 fully saturated rings. The van der Waals surface area contributed by atoms with Crippen LogP contribution in [0.4, 0.5) is 5.69 Å². The number of phenolic OH excluding ortho intramolecular Hbond substituents is 1. The van der Waals surface area contributed by atoms with Crippen LogP contribution in [-0.4, -0.2) is 23.3 Å². The molecule has 0 aliphatic heterocycles. The maximum Gasteiger partial charge on any atom is 0.198 e. The number of anilines is 1. The molecule has 0 aromatic heterocycles. The Balaban J connectivity index is 2.04. The van der Waals surface area contributed by atoms with Crippen LogP contribution in [0.25, 0.3) is 11.1 Å². The summed E-state index contributed by atoms with van der Waals surface area (Å²) in [6.07, 6.45) is 1.61. The molecule has 0 saturated heterocycles. The van der Waals surface area contributed by atoms with Gasteiger partial charge in [0.25, 0.3) is 0 Å². The quantitative estimate of drug-likeness (QED) is 0.349. The number of ketones is 2. The van der Waals surface area contributed by atoms with Crippen LogP contribution in [0.1, 0.15) is 37.4 Å². The summed E-state index contributed by atoms with van der Waals surface area (Å²) in [7, 11) is 0. The fourth-order valence-electron chi connectivity index (χ4n) is 3.88. The third-order valence-corrected chi connectivity index (χ3v) is 5.17.